The van der Waals surface area contributed by atoms with Crippen molar-refractivity contribution >= 4 is 5.97 Å². The number of carboxylic acid groups (broad SMARTS) is 1. The molecule has 0 aliphatic carbocycles. The molecule has 0 amide bonds. The number of aliphatic carboxylic acids is 1. The van der Waals surface area contributed by atoms with Crippen LogP contribution in [0, 0.1) is 5.92 Å². The Morgan fingerprint density at radius 2 is 1.85 bits per heavy atom. The Hall–Kier alpha value is 0.330. The Morgan fingerprint density at radius 1 is 1.31 bits per heavy atom. The number of halogens is 2. The van der Waals surface area contributed by atoms with Crippen LogP contribution in [0.3, 0.4) is 0 Å². The van der Waals surface area contributed by atoms with E-state index in [2.05, 4.69) is 0 Å². The van der Waals surface area contributed by atoms with Gasteiger partial charge in [-0.15, -0.1) is 0 Å². The fourth-order valence-corrected chi connectivity index (χ4v) is 1.06. The Labute approximate surface area is 99.0 Å². The molecule has 0 heterocycles. The molecule has 13 heavy (non-hydrogen) atoms. The molecule has 0 radical (unpaired) electrons. The molecule has 1 unspecified atom stereocenters. The van der Waals surface area contributed by atoms with Gasteiger partial charge in [-0.2, -0.15) is 0 Å². The normalized spacial score (nSPS) is 12.3. The van der Waals surface area contributed by atoms with Crippen LogP contribution in [0.25, 0.3) is 0 Å². The van der Waals surface area contributed by atoms with E-state index in [1.165, 1.54) is 0 Å². The van der Waals surface area contributed by atoms with Gasteiger partial charge < -0.3 is 9.90 Å². The zero-order valence-corrected chi connectivity index (χ0v) is 10.1. The number of carbonyl (C=O) groups is 1. The predicted octanol–water partition coefficient (Wildman–Crippen LogP) is -1.80. The minimum absolute atomic E-state index is 0. The standard InChI is InChI=1S/C8H14F2O2.Na/c1-2-3-6(8(11)12)4-5-7(9)10;/h6-7H,2-5H2,1H3,(H,11,12);/q;+1/p-1. The molecular weight excluding hydrogens is 189 g/mol. The van der Waals surface area contributed by atoms with Crippen LogP contribution < -0.4 is 34.7 Å². The average Bonchev–Trinajstić information content (AvgIpc) is 1.96. The molecule has 0 aliphatic rings. The van der Waals surface area contributed by atoms with Crippen LogP contribution in [0.1, 0.15) is 32.6 Å². The van der Waals surface area contributed by atoms with E-state index in [9.17, 15) is 18.7 Å². The van der Waals surface area contributed by atoms with Gasteiger partial charge in [-0.05, 0) is 18.8 Å². The number of carboxylic acids is 1. The van der Waals surface area contributed by atoms with Crippen molar-refractivity contribution in [2.75, 3.05) is 0 Å². The second kappa shape index (κ2) is 8.91. The number of carbonyl (C=O) groups excluding carboxylic acids is 1. The number of alkyl halides is 2. The summed E-state index contributed by atoms with van der Waals surface area (Å²) in [6, 6.07) is 0. The number of hydrogen-bond acceptors (Lipinski definition) is 2. The zero-order chi connectivity index (χ0) is 9.56. The molecule has 0 fully saturated rings. The summed E-state index contributed by atoms with van der Waals surface area (Å²) in [4.78, 5) is 10.3. The van der Waals surface area contributed by atoms with Crippen molar-refractivity contribution < 1.29 is 48.2 Å². The van der Waals surface area contributed by atoms with Crippen LogP contribution in [0.5, 0.6) is 0 Å². The fraction of sp³-hybridized carbons (Fsp3) is 0.875. The van der Waals surface area contributed by atoms with Gasteiger partial charge in [0.15, 0.2) is 0 Å². The van der Waals surface area contributed by atoms with Crippen LogP contribution in [0.2, 0.25) is 0 Å². The second-order valence-corrected chi connectivity index (χ2v) is 2.77. The molecule has 0 saturated carbocycles. The molecule has 1 atom stereocenters. The van der Waals surface area contributed by atoms with E-state index < -0.39 is 18.3 Å². The Morgan fingerprint density at radius 3 is 2.15 bits per heavy atom. The summed E-state index contributed by atoms with van der Waals surface area (Å²) in [5, 5.41) is 10.3. The molecule has 72 valence electrons. The van der Waals surface area contributed by atoms with Crippen molar-refractivity contribution in [3.05, 3.63) is 0 Å². The first kappa shape index (κ1) is 15.8. The van der Waals surface area contributed by atoms with Gasteiger partial charge in [0.25, 0.3) is 0 Å². The van der Waals surface area contributed by atoms with Crippen molar-refractivity contribution in [2.24, 2.45) is 5.92 Å². The topological polar surface area (TPSA) is 40.1 Å². The van der Waals surface area contributed by atoms with Gasteiger partial charge >= 0.3 is 29.6 Å². The minimum Gasteiger partial charge on any atom is -0.550 e. The summed E-state index contributed by atoms with van der Waals surface area (Å²) in [5.74, 6) is -1.92. The van der Waals surface area contributed by atoms with E-state index in [1.807, 2.05) is 6.92 Å². The fourth-order valence-electron chi connectivity index (χ4n) is 1.06. The van der Waals surface area contributed by atoms with Crippen molar-refractivity contribution in [3.63, 3.8) is 0 Å². The summed E-state index contributed by atoms with van der Waals surface area (Å²) in [6.45, 7) is 1.82. The van der Waals surface area contributed by atoms with E-state index in [4.69, 9.17) is 0 Å². The maximum absolute atomic E-state index is 11.7. The van der Waals surface area contributed by atoms with E-state index in [0.717, 1.165) is 0 Å². The third kappa shape index (κ3) is 8.65. The third-order valence-electron chi connectivity index (χ3n) is 1.70. The molecule has 2 nitrogen and oxygen atoms in total. The SMILES string of the molecule is CCCC(CCC(F)F)C(=O)[O-].[Na+]. The summed E-state index contributed by atoms with van der Waals surface area (Å²) in [7, 11) is 0. The van der Waals surface area contributed by atoms with Gasteiger partial charge in [-0.3, -0.25) is 0 Å². The van der Waals surface area contributed by atoms with E-state index in [-0.39, 0.29) is 42.4 Å². The zero-order valence-electron chi connectivity index (χ0n) is 8.06. The average molecular weight is 202 g/mol. The van der Waals surface area contributed by atoms with Crippen LogP contribution in [0.4, 0.5) is 8.78 Å². The molecule has 0 N–H and O–H groups in total. The Kier molecular flexibility index (Phi) is 10.8. The quantitative estimate of drug-likeness (QED) is 0.477. The number of hydrogen-bond donors (Lipinski definition) is 0. The minimum atomic E-state index is -2.41. The monoisotopic (exact) mass is 202 g/mol. The van der Waals surface area contributed by atoms with Crippen LogP contribution >= 0.6 is 0 Å². The van der Waals surface area contributed by atoms with Crippen LogP contribution in [0.15, 0.2) is 0 Å². The summed E-state index contributed by atoms with van der Waals surface area (Å²) in [5.41, 5.74) is 0. The molecular formula is C8H13F2NaO2. The van der Waals surface area contributed by atoms with Gasteiger partial charge in [0.1, 0.15) is 0 Å². The molecule has 0 spiro atoms. The van der Waals surface area contributed by atoms with Crippen molar-refractivity contribution in [2.45, 2.75) is 39.0 Å². The van der Waals surface area contributed by atoms with Gasteiger partial charge in [0, 0.05) is 12.4 Å². The predicted molar refractivity (Wildman–Crippen MR) is 38.6 cm³/mol. The molecule has 0 aliphatic heterocycles. The van der Waals surface area contributed by atoms with Gasteiger partial charge in [-0.1, -0.05) is 13.3 Å². The Balaban J connectivity index is 0. The van der Waals surface area contributed by atoms with Crippen molar-refractivity contribution in [1.29, 1.82) is 0 Å². The smallest absolute Gasteiger partial charge is 0.550 e. The molecule has 0 bridgehead atoms. The van der Waals surface area contributed by atoms with Gasteiger partial charge in [0.2, 0.25) is 6.43 Å². The largest absolute Gasteiger partial charge is 1.00 e. The van der Waals surface area contributed by atoms with Crippen LogP contribution in [-0.2, 0) is 4.79 Å². The number of rotatable bonds is 6. The summed E-state index contributed by atoms with van der Waals surface area (Å²) >= 11 is 0. The van der Waals surface area contributed by atoms with Gasteiger partial charge in [-0.25, -0.2) is 8.78 Å². The molecule has 0 saturated heterocycles. The van der Waals surface area contributed by atoms with Gasteiger partial charge in [0.05, 0.1) is 0 Å². The summed E-state index contributed by atoms with van der Waals surface area (Å²) < 4.78 is 23.4. The first-order valence-electron chi connectivity index (χ1n) is 4.07. The van der Waals surface area contributed by atoms with Crippen molar-refractivity contribution in [1.82, 2.24) is 0 Å². The van der Waals surface area contributed by atoms with E-state index >= 15 is 0 Å². The van der Waals surface area contributed by atoms with Crippen LogP contribution in [-0.4, -0.2) is 12.4 Å². The first-order chi connectivity index (χ1) is 5.57. The third-order valence-corrected chi connectivity index (χ3v) is 1.70. The first-order valence-corrected chi connectivity index (χ1v) is 4.07. The van der Waals surface area contributed by atoms with E-state index in [0.29, 0.717) is 12.8 Å². The van der Waals surface area contributed by atoms with E-state index in [1.54, 1.807) is 0 Å². The summed E-state index contributed by atoms with van der Waals surface area (Å²) in [6.07, 6.45) is -1.63. The molecule has 0 aromatic rings. The van der Waals surface area contributed by atoms with Crippen molar-refractivity contribution in [3.8, 4) is 0 Å². The maximum Gasteiger partial charge on any atom is 1.00 e. The molecule has 0 aromatic carbocycles. The second-order valence-electron chi connectivity index (χ2n) is 2.77. The molecule has 5 heteroatoms. The maximum atomic E-state index is 11.7. The molecule has 0 rings (SSSR count). The Bertz CT molecular complexity index is 142. The molecule has 0 aromatic heterocycles.